The van der Waals surface area contributed by atoms with Gasteiger partial charge in [0.2, 0.25) is 0 Å². The van der Waals surface area contributed by atoms with E-state index in [1.807, 2.05) is 0 Å². The topological polar surface area (TPSA) is 12.5 Å². The van der Waals surface area contributed by atoms with Gasteiger partial charge in [0, 0.05) is 31.8 Å². The Kier molecular flexibility index (Phi) is 4.31. The van der Waals surface area contributed by atoms with E-state index < -0.39 is 0 Å². The van der Waals surface area contributed by atoms with Gasteiger partial charge in [0.05, 0.1) is 0 Å². The van der Waals surface area contributed by atoms with Gasteiger partial charge in [-0.1, -0.05) is 48.4 Å². The average molecular weight is 297 g/mol. The van der Waals surface area contributed by atoms with E-state index in [9.17, 15) is 0 Å². The van der Waals surface area contributed by atoms with Crippen molar-refractivity contribution in [2.45, 2.75) is 57.2 Å². The zero-order valence-corrected chi connectivity index (χ0v) is 13.4. The molecule has 2 nitrogen and oxygen atoms in total. The maximum atomic E-state index is 5.55. The van der Waals surface area contributed by atoms with Gasteiger partial charge in [0.25, 0.3) is 0 Å². The largest absolute Gasteiger partial charge is 0.381 e. The number of benzene rings is 1. The molecule has 3 aliphatic rings. The second-order valence-electron chi connectivity index (χ2n) is 7.14. The zero-order chi connectivity index (χ0) is 14.8. The summed E-state index contributed by atoms with van der Waals surface area (Å²) in [5.41, 5.74) is 3.21. The van der Waals surface area contributed by atoms with Gasteiger partial charge in [-0.15, -0.1) is 0 Å². The van der Waals surface area contributed by atoms with Crippen LogP contribution in [0, 0.1) is 5.92 Å². The summed E-state index contributed by atoms with van der Waals surface area (Å²) in [5, 5.41) is 0. The third-order valence-electron chi connectivity index (χ3n) is 5.76. The maximum Gasteiger partial charge on any atom is 0.0471 e. The summed E-state index contributed by atoms with van der Waals surface area (Å²) in [6, 6.07) is 12.4. The van der Waals surface area contributed by atoms with Crippen molar-refractivity contribution in [1.82, 2.24) is 4.90 Å². The number of ether oxygens (including phenoxy) is 1. The summed E-state index contributed by atoms with van der Waals surface area (Å²) in [6.07, 6.45) is 10.5. The third kappa shape index (κ3) is 3.00. The Bertz CT molecular complexity index is 518. The molecule has 4 rings (SSSR count). The molecule has 0 radical (unpaired) electrons. The molecule has 2 bridgehead atoms. The summed E-state index contributed by atoms with van der Waals surface area (Å²) in [6.45, 7) is 3.05. The molecule has 1 aromatic carbocycles. The summed E-state index contributed by atoms with van der Waals surface area (Å²) in [7, 11) is 0. The first-order chi connectivity index (χ1) is 10.9. The Balaban J connectivity index is 1.51. The molecule has 0 amide bonds. The Hall–Kier alpha value is -1.12. The first-order valence-electron chi connectivity index (χ1n) is 8.98. The fourth-order valence-electron chi connectivity index (χ4n) is 4.56. The zero-order valence-electron chi connectivity index (χ0n) is 13.4. The first-order valence-corrected chi connectivity index (χ1v) is 8.98. The molecule has 1 aromatic rings. The number of nitrogens with zero attached hydrogens (tertiary/aromatic N) is 1. The van der Waals surface area contributed by atoms with Crippen LogP contribution in [0.5, 0.6) is 0 Å². The number of rotatable bonds is 3. The van der Waals surface area contributed by atoms with Gasteiger partial charge < -0.3 is 4.74 Å². The summed E-state index contributed by atoms with van der Waals surface area (Å²) < 4.78 is 5.55. The van der Waals surface area contributed by atoms with Crippen molar-refractivity contribution in [1.29, 1.82) is 0 Å². The second kappa shape index (κ2) is 6.55. The van der Waals surface area contributed by atoms with Crippen LogP contribution in [-0.2, 0) is 11.3 Å². The lowest BCUT2D eigenvalue weighted by molar-refractivity contribution is 0.0595. The number of hydrogen-bond donors (Lipinski definition) is 0. The fraction of sp³-hybridized carbons (Fsp3) is 0.600. The second-order valence-corrected chi connectivity index (χ2v) is 7.14. The Labute approximate surface area is 134 Å². The molecule has 2 saturated heterocycles. The van der Waals surface area contributed by atoms with Crippen LogP contribution >= 0.6 is 0 Å². The molecule has 0 aromatic heterocycles. The van der Waals surface area contributed by atoms with Gasteiger partial charge in [-0.25, -0.2) is 0 Å². The minimum absolute atomic E-state index is 0.672. The van der Waals surface area contributed by atoms with E-state index in [1.54, 1.807) is 5.57 Å². The van der Waals surface area contributed by atoms with E-state index in [1.165, 1.54) is 44.1 Å². The summed E-state index contributed by atoms with van der Waals surface area (Å²) in [5.74, 6) is 0.802. The van der Waals surface area contributed by atoms with Crippen molar-refractivity contribution in [3.05, 3.63) is 47.5 Å². The van der Waals surface area contributed by atoms with E-state index in [2.05, 4.69) is 41.3 Å². The van der Waals surface area contributed by atoms with E-state index in [0.29, 0.717) is 6.04 Å². The normalized spacial score (nSPS) is 30.1. The predicted molar refractivity (Wildman–Crippen MR) is 89.7 cm³/mol. The molecule has 0 aliphatic carbocycles. The quantitative estimate of drug-likeness (QED) is 0.777. The van der Waals surface area contributed by atoms with Crippen LogP contribution in [0.4, 0.5) is 0 Å². The molecule has 2 unspecified atom stereocenters. The standard InChI is InChI=1S/C20H27NO/c1-2-5-16(6-3-1)15-21-19-7-4-8-20(21)14-18(13-19)17-9-11-22-12-10-17/h1-3,5-6,13,17,19-20H,4,7-12,14-15H2. The minimum Gasteiger partial charge on any atom is -0.381 e. The van der Waals surface area contributed by atoms with Gasteiger partial charge >= 0.3 is 0 Å². The highest BCUT2D eigenvalue weighted by Gasteiger charge is 2.35. The smallest absolute Gasteiger partial charge is 0.0471 e. The van der Waals surface area contributed by atoms with Crippen LogP contribution in [0.3, 0.4) is 0 Å². The molecular weight excluding hydrogens is 270 g/mol. The van der Waals surface area contributed by atoms with Gasteiger partial charge in [0.1, 0.15) is 0 Å². The lowest BCUT2D eigenvalue weighted by atomic mass is 9.78. The Morgan fingerprint density at radius 3 is 2.59 bits per heavy atom. The highest BCUT2D eigenvalue weighted by atomic mass is 16.5. The molecule has 0 N–H and O–H groups in total. The van der Waals surface area contributed by atoms with Crippen molar-refractivity contribution < 1.29 is 4.74 Å². The number of hydrogen-bond acceptors (Lipinski definition) is 2. The molecule has 3 aliphatic heterocycles. The van der Waals surface area contributed by atoms with E-state index in [4.69, 9.17) is 4.74 Å². The average Bonchev–Trinajstić information content (AvgIpc) is 2.56. The molecule has 0 saturated carbocycles. The number of piperidine rings is 1. The lowest BCUT2D eigenvalue weighted by Crippen LogP contribution is -2.48. The van der Waals surface area contributed by atoms with Crippen LogP contribution in [0.1, 0.15) is 44.1 Å². The molecule has 22 heavy (non-hydrogen) atoms. The lowest BCUT2D eigenvalue weighted by Gasteiger charge is -2.46. The molecule has 118 valence electrons. The summed E-state index contributed by atoms with van der Waals surface area (Å²) >= 11 is 0. The van der Waals surface area contributed by atoms with Gasteiger partial charge in [-0.2, -0.15) is 0 Å². The third-order valence-corrected chi connectivity index (χ3v) is 5.76. The van der Waals surface area contributed by atoms with E-state index in [-0.39, 0.29) is 0 Å². The maximum absolute atomic E-state index is 5.55. The predicted octanol–water partition coefficient (Wildman–Crippen LogP) is 4.17. The fourth-order valence-corrected chi connectivity index (χ4v) is 4.56. The van der Waals surface area contributed by atoms with E-state index >= 15 is 0 Å². The molecular formula is C20H27NO. The van der Waals surface area contributed by atoms with Crippen molar-refractivity contribution in [2.75, 3.05) is 13.2 Å². The highest BCUT2D eigenvalue weighted by Crippen LogP contribution is 2.39. The Morgan fingerprint density at radius 2 is 1.82 bits per heavy atom. The van der Waals surface area contributed by atoms with E-state index in [0.717, 1.165) is 31.7 Å². The number of fused-ring (bicyclic) bond motifs is 2. The van der Waals surface area contributed by atoms with Crippen LogP contribution in [0.15, 0.2) is 42.0 Å². The molecule has 0 spiro atoms. The highest BCUT2D eigenvalue weighted by molar-refractivity contribution is 5.21. The van der Waals surface area contributed by atoms with Crippen LogP contribution in [0.25, 0.3) is 0 Å². The van der Waals surface area contributed by atoms with Crippen molar-refractivity contribution in [3.8, 4) is 0 Å². The molecule has 2 fully saturated rings. The molecule has 3 heterocycles. The van der Waals surface area contributed by atoms with Crippen molar-refractivity contribution >= 4 is 0 Å². The van der Waals surface area contributed by atoms with Crippen LogP contribution in [0.2, 0.25) is 0 Å². The minimum atomic E-state index is 0.672. The van der Waals surface area contributed by atoms with Gasteiger partial charge in [0.15, 0.2) is 0 Å². The van der Waals surface area contributed by atoms with Gasteiger partial charge in [-0.3, -0.25) is 4.90 Å². The van der Waals surface area contributed by atoms with Crippen LogP contribution < -0.4 is 0 Å². The first kappa shape index (κ1) is 14.5. The van der Waals surface area contributed by atoms with Crippen molar-refractivity contribution in [3.63, 3.8) is 0 Å². The monoisotopic (exact) mass is 297 g/mol. The SMILES string of the molecule is C1=C(C2CCOCC2)CC2CCCC1N2Cc1ccccc1. The molecule has 2 heteroatoms. The van der Waals surface area contributed by atoms with Crippen LogP contribution in [-0.4, -0.2) is 30.2 Å². The van der Waals surface area contributed by atoms with Crippen molar-refractivity contribution in [2.24, 2.45) is 5.92 Å². The van der Waals surface area contributed by atoms with Gasteiger partial charge in [-0.05, 0) is 43.6 Å². The summed E-state index contributed by atoms with van der Waals surface area (Å²) in [4.78, 5) is 2.77. The Morgan fingerprint density at radius 1 is 1.00 bits per heavy atom. The molecule has 2 atom stereocenters.